The summed E-state index contributed by atoms with van der Waals surface area (Å²) in [4.78, 5) is 15.8. The van der Waals surface area contributed by atoms with Gasteiger partial charge in [0.2, 0.25) is 5.88 Å². The molecule has 1 N–H and O–H groups in total. The summed E-state index contributed by atoms with van der Waals surface area (Å²) in [5.41, 5.74) is 2.80. The number of benzene rings is 1. The smallest absolute Gasteiger partial charge is 0.407 e. The lowest BCUT2D eigenvalue weighted by atomic mass is 10.0. The summed E-state index contributed by atoms with van der Waals surface area (Å²) in [6.07, 6.45) is 2.15. The van der Waals surface area contributed by atoms with Crippen molar-refractivity contribution < 1.29 is 14.3 Å². The summed E-state index contributed by atoms with van der Waals surface area (Å²) in [6, 6.07) is 12.0. The molecule has 128 valence electrons. The first-order chi connectivity index (χ1) is 11.4. The maximum Gasteiger partial charge on any atom is 0.407 e. The summed E-state index contributed by atoms with van der Waals surface area (Å²) in [5, 5.41) is 2.76. The van der Waals surface area contributed by atoms with Gasteiger partial charge in [-0.25, -0.2) is 9.78 Å². The Bertz CT molecular complexity index is 659. The monoisotopic (exact) mass is 328 g/mol. The van der Waals surface area contributed by atoms with Crippen molar-refractivity contribution in [2.75, 3.05) is 13.7 Å². The first-order valence-corrected chi connectivity index (χ1v) is 7.93. The van der Waals surface area contributed by atoms with E-state index in [1.807, 2.05) is 45.0 Å². The molecule has 1 aromatic heterocycles. The van der Waals surface area contributed by atoms with E-state index in [2.05, 4.69) is 22.4 Å². The summed E-state index contributed by atoms with van der Waals surface area (Å²) < 4.78 is 10.3. The van der Waals surface area contributed by atoms with Crippen molar-refractivity contribution in [1.29, 1.82) is 0 Å². The number of pyridine rings is 1. The van der Waals surface area contributed by atoms with E-state index in [-0.39, 0.29) is 6.09 Å². The number of alkyl carbamates (subject to hydrolysis) is 1. The second-order valence-electron chi connectivity index (χ2n) is 6.46. The maximum atomic E-state index is 11.6. The Hall–Kier alpha value is -2.56. The second kappa shape index (κ2) is 7.81. The third-order valence-electron chi connectivity index (χ3n) is 3.31. The van der Waals surface area contributed by atoms with Crippen LogP contribution in [0, 0.1) is 0 Å². The number of carbonyl (C=O) groups excluding carboxylic acids is 1. The Morgan fingerprint density at radius 3 is 2.29 bits per heavy atom. The highest BCUT2D eigenvalue weighted by Crippen LogP contribution is 2.20. The fourth-order valence-electron chi connectivity index (χ4n) is 2.16. The van der Waals surface area contributed by atoms with Crippen molar-refractivity contribution >= 4 is 6.09 Å². The third-order valence-corrected chi connectivity index (χ3v) is 3.31. The van der Waals surface area contributed by atoms with Gasteiger partial charge in [0.25, 0.3) is 0 Å². The van der Waals surface area contributed by atoms with Crippen LogP contribution in [-0.4, -0.2) is 30.3 Å². The van der Waals surface area contributed by atoms with E-state index < -0.39 is 5.60 Å². The number of nitrogens with zero attached hydrogens (tertiary/aromatic N) is 1. The summed E-state index contributed by atoms with van der Waals surface area (Å²) in [6.45, 7) is 6.08. The van der Waals surface area contributed by atoms with Crippen molar-refractivity contribution in [3.05, 3.63) is 48.2 Å². The average molecular weight is 328 g/mol. The molecular formula is C19H24N2O3. The number of aromatic nitrogens is 1. The fourth-order valence-corrected chi connectivity index (χ4v) is 2.16. The molecule has 1 aromatic carbocycles. The molecule has 5 nitrogen and oxygen atoms in total. The van der Waals surface area contributed by atoms with Crippen LogP contribution in [0.3, 0.4) is 0 Å². The molecule has 0 unspecified atom stereocenters. The van der Waals surface area contributed by atoms with Gasteiger partial charge in [-0.1, -0.05) is 24.3 Å². The molecule has 0 spiro atoms. The topological polar surface area (TPSA) is 60.5 Å². The van der Waals surface area contributed by atoms with E-state index >= 15 is 0 Å². The number of ether oxygens (including phenoxy) is 2. The van der Waals surface area contributed by atoms with Gasteiger partial charge in [0, 0.05) is 24.4 Å². The van der Waals surface area contributed by atoms with Gasteiger partial charge in [0.15, 0.2) is 0 Å². The number of hydrogen-bond acceptors (Lipinski definition) is 4. The zero-order valence-electron chi connectivity index (χ0n) is 14.6. The van der Waals surface area contributed by atoms with E-state index in [0.717, 1.165) is 23.1 Å². The van der Waals surface area contributed by atoms with Crippen molar-refractivity contribution in [1.82, 2.24) is 10.3 Å². The molecule has 0 aliphatic rings. The highest BCUT2D eigenvalue weighted by molar-refractivity contribution is 5.67. The van der Waals surface area contributed by atoms with Gasteiger partial charge in [0.1, 0.15) is 5.60 Å². The van der Waals surface area contributed by atoms with Gasteiger partial charge in [-0.05, 0) is 44.4 Å². The minimum Gasteiger partial charge on any atom is -0.481 e. The van der Waals surface area contributed by atoms with Crippen molar-refractivity contribution in [3.63, 3.8) is 0 Å². The van der Waals surface area contributed by atoms with Crippen LogP contribution in [0.4, 0.5) is 4.79 Å². The lowest BCUT2D eigenvalue weighted by Crippen LogP contribution is -2.33. The standard InChI is InChI=1S/C19H24N2O3/c1-19(2,3)24-18(22)20-12-11-14-5-7-15(8-6-14)16-9-10-17(23-4)21-13-16/h5-10,13H,11-12H2,1-4H3,(H,20,22). The molecule has 0 radical (unpaired) electrons. The predicted molar refractivity (Wildman–Crippen MR) is 94.2 cm³/mol. The fraction of sp³-hybridized carbons (Fsp3) is 0.368. The molecule has 0 atom stereocenters. The van der Waals surface area contributed by atoms with Crippen molar-refractivity contribution in [2.45, 2.75) is 32.8 Å². The number of methoxy groups -OCH3 is 1. The van der Waals surface area contributed by atoms with Gasteiger partial charge < -0.3 is 14.8 Å². The lowest BCUT2D eigenvalue weighted by molar-refractivity contribution is 0.0528. The van der Waals surface area contributed by atoms with Crippen LogP contribution < -0.4 is 10.1 Å². The van der Waals surface area contributed by atoms with Crippen molar-refractivity contribution in [2.24, 2.45) is 0 Å². The van der Waals surface area contributed by atoms with Crippen LogP contribution in [0.5, 0.6) is 5.88 Å². The van der Waals surface area contributed by atoms with Gasteiger partial charge in [-0.3, -0.25) is 0 Å². The number of nitrogens with one attached hydrogen (secondary N) is 1. The zero-order chi connectivity index (χ0) is 17.6. The first-order valence-electron chi connectivity index (χ1n) is 7.93. The van der Waals surface area contributed by atoms with E-state index in [1.54, 1.807) is 13.3 Å². The Morgan fingerprint density at radius 1 is 1.08 bits per heavy atom. The molecule has 24 heavy (non-hydrogen) atoms. The number of carbonyl (C=O) groups is 1. The first kappa shape index (κ1) is 17.8. The number of amides is 1. The largest absolute Gasteiger partial charge is 0.481 e. The van der Waals surface area contributed by atoms with Crippen LogP contribution >= 0.6 is 0 Å². The summed E-state index contributed by atoms with van der Waals surface area (Å²) in [7, 11) is 1.60. The Labute approximate surface area is 143 Å². The van der Waals surface area contributed by atoms with E-state index in [1.165, 1.54) is 0 Å². The minimum atomic E-state index is -0.474. The minimum absolute atomic E-state index is 0.386. The molecule has 2 rings (SSSR count). The normalized spacial score (nSPS) is 11.0. The number of hydrogen-bond donors (Lipinski definition) is 1. The molecule has 1 amide bonds. The van der Waals surface area contributed by atoms with Crippen LogP contribution in [0.25, 0.3) is 11.1 Å². The van der Waals surface area contributed by atoms with Crippen molar-refractivity contribution in [3.8, 4) is 17.0 Å². The SMILES string of the molecule is COc1ccc(-c2ccc(CCNC(=O)OC(C)(C)C)cc2)cn1. The molecule has 0 saturated carbocycles. The van der Waals surface area contributed by atoms with Gasteiger partial charge in [-0.2, -0.15) is 0 Å². The Balaban J connectivity index is 1.86. The lowest BCUT2D eigenvalue weighted by Gasteiger charge is -2.19. The van der Waals surface area contributed by atoms with Gasteiger partial charge in [0.05, 0.1) is 7.11 Å². The summed E-state index contributed by atoms with van der Waals surface area (Å²) in [5.74, 6) is 0.601. The van der Waals surface area contributed by atoms with E-state index in [4.69, 9.17) is 9.47 Å². The molecule has 0 aliphatic heterocycles. The molecule has 5 heteroatoms. The zero-order valence-corrected chi connectivity index (χ0v) is 14.6. The van der Waals surface area contributed by atoms with Crippen LogP contribution in [0.15, 0.2) is 42.6 Å². The van der Waals surface area contributed by atoms with Crippen LogP contribution in [0.1, 0.15) is 26.3 Å². The van der Waals surface area contributed by atoms with Gasteiger partial charge in [-0.15, -0.1) is 0 Å². The predicted octanol–water partition coefficient (Wildman–Crippen LogP) is 3.82. The third kappa shape index (κ3) is 5.57. The van der Waals surface area contributed by atoms with E-state index in [9.17, 15) is 4.79 Å². The molecule has 2 aromatic rings. The molecule has 0 fully saturated rings. The average Bonchev–Trinajstić information content (AvgIpc) is 2.54. The maximum absolute atomic E-state index is 11.6. The highest BCUT2D eigenvalue weighted by Gasteiger charge is 2.15. The second-order valence-corrected chi connectivity index (χ2v) is 6.46. The Kier molecular flexibility index (Phi) is 5.79. The Morgan fingerprint density at radius 2 is 1.75 bits per heavy atom. The molecular weight excluding hydrogens is 304 g/mol. The molecule has 1 heterocycles. The molecule has 0 saturated heterocycles. The number of rotatable bonds is 5. The molecule has 0 bridgehead atoms. The quantitative estimate of drug-likeness (QED) is 0.906. The van der Waals surface area contributed by atoms with Gasteiger partial charge >= 0.3 is 6.09 Å². The summed E-state index contributed by atoms with van der Waals surface area (Å²) >= 11 is 0. The highest BCUT2D eigenvalue weighted by atomic mass is 16.6. The van der Waals surface area contributed by atoms with Crippen LogP contribution in [0.2, 0.25) is 0 Å². The van der Waals surface area contributed by atoms with Crippen LogP contribution in [-0.2, 0) is 11.2 Å². The van der Waals surface area contributed by atoms with E-state index in [0.29, 0.717) is 12.4 Å². The molecule has 0 aliphatic carbocycles.